The number of benzene rings is 3. The number of carbonyl (C=O) groups is 2. The fraction of sp³-hybridized carbons (Fsp3) is 0.323. The molecule has 2 heterocycles. The molecule has 0 aromatic heterocycles. The second kappa shape index (κ2) is 13.0. The number of hydrogen-bond donors (Lipinski definition) is 1. The van der Waals surface area contributed by atoms with Crippen LogP contribution in [0.2, 0.25) is 5.02 Å². The van der Waals surface area contributed by atoms with Gasteiger partial charge in [0, 0.05) is 49.1 Å². The predicted molar refractivity (Wildman–Crippen MR) is 166 cm³/mol. The van der Waals surface area contributed by atoms with Crippen molar-refractivity contribution in [2.75, 3.05) is 54.4 Å². The summed E-state index contributed by atoms with van der Waals surface area (Å²) in [6.07, 6.45) is 0.779. The lowest BCUT2D eigenvalue weighted by Gasteiger charge is -2.36. The zero-order valence-electron chi connectivity index (χ0n) is 22.9. The van der Waals surface area contributed by atoms with E-state index in [1.165, 1.54) is 12.1 Å². The van der Waals surface area contributed by atoms with E-state index in [0.717, 1.165) is 50.4 Å². The number of anilines is 3. The summed E-state index contributed by atoms with van der Waals surface area (Å²) in [5, 5.41) is 3.87. The van der Waals surface area contributed by atoms with Gasteiger partial charge in [-0.1, -0.05) is 29.3 Å². The van der Waals surface area contributed by atoms with E-state index in [9.17, 15) is 14.0 Å². The summed E-state index contributed by atoms with van der Waals surface area (Å²) in [7, 11) is 0. The number of halogens is 2. The van der Waals surface area contributed by atoms with Gasteiger partial charge in [0.25, 0.3) is 5.91 Å². The Bertz CT molecular complexity index is 1380. The van der Waals surface area contributed by atoms with Crippen LogP contribution in [-0.2, 0) is 9.59 Å². The maximum atomic E-state index is 13.7. The van der Waals surface area contributed by atoms with E-state index in [2.05, 4.69) is 15.1 Å². The number of thiocarbonyl (C=S) groups is 1. The van der Waals surface area contributed by atoms with Gasteiger partial charge in [-0.2, -0.15) is 0 Å². The first-order valence-electron chi connectivity index (χ1n) is 13.8. The molecule has 7 nitrogen and oxygen atoms in total. The molecule has 2 amide bonds. The smallest absolute Gasteiger partial charge is 0.256 e. The zero-order valence-corrected chi connectivity index (χ0v) is 24.5. The Kier molecular flexibility index (Phi) is 9.17. The van der Waals surface area contributed by atoms with Crippen LogP contribution in [0.4, 0.5) is 21.5 Å². The fourth-order valence-electron chi connectivity index (χ4n) is 5.29. The van der Waals surface area contributed by atoms with Gasteiger partial charge in [0.2, 0.25) is 5.91 Å². The Labute approximate surface area is 250 Å². The molecule has 3 aromatic rings. The molecule has 1 atom stereocenters. The number of piperazine rings is 1. The summed E-state index contributed by atoms with van der Waals surface area (Å²) in [5.41, 5.74) is 3.44. The molecule has 2 aliphatic heterocycles. The van der Waals surface area contributed by atoms with Gasteiger partial charge in [-0.05, 0) is 92.8 Å². The van der Waals surface area contributed by atoms with Crippen molar-refractivity contribution in [3.63, 3.8) is 0 Å². The third-order valence-electron chi connectivity index (χ3n) is 7.55. The average molecular weight is 594 g/mol. The number of hydrogen-bond acceptors (Lipinski definition) is 5. The monoisotopic (exact) mass is 593 g/mol. The van der Waals surface area contributed by atoms with E-state index in [4.69, 9.17) is 23.8 Å². The average Bonchev–Trinajstić information content (AvgIpc) is 3.19. The normalized spacial score (nSPS) is 17.8. The van der Waals surface area contributed by atoms with Gasteiger partial charge in [0.15, 0.2) is 5.11 Å². The van der Waals surface area contributed by atoms with E-state index in [1.54, 1.807) is 29.2 Å². The quantitative estimate of drug-likeness (QED) is 0.339. The van der Waals surface area contributed by atoms with Crippen LogP contribution in [0.3, 0.4) is 0 Å². The highest BCUT2D eigenvalue weighted by atomic mass is 35.5. The number of amides is 2. The van der Waals surface area contributed by atoms with Gasteiger partial charge in [0.05, 0.1) is 12.1 Å². The van der Waals surface area contributed by atoms with Crippen molar-refractivity contribution >= 4 is 57.8 Å². The maximum absolute atomic E-state index is 13.7. The maximum Gasteiger partial charge on any atom is 0.256 e. The topological polar surface area (TPSA) is 59.1 Å². The largest absolute Gasteiger partial charge is 0.369 e. The van der Waals surface area contributed by atoms with E-state index in [0.29, 0.717) is 28.1 Å². The van der Waals surface area contributed by atoms with Gasteiger partial charge >= 0.3 is 0 Å². The molecule has 1 N–H and O–H groups in total. The van der Waals surface area contributed by atoms with Crippen molar-refractivity contribution in [2.45, 2.75) is 25.8 Å². The van der Waals surface area contributed by atoms with Crippen LogP contribution in [0, 0.1) is 12.7 Å². The fourth-order valence-corrected chi connectivity index (χ4v) is 5.83. The van der Waals surface area contributed by atoms with Crippen molar-refractivity contribution in [1.82, 2.24) is 9.80 Å². The molecule has 0 radical (unpaired) electrons. The highest BCUT2D eigenvalue weighted by Crippen LogP contribution is 2.28. The minimum atomic E-state index is -0.688. The second-order valence-corrected chi connectivity index (χ2v) is 11.2. The Balaban J connectivity index is 1.22. The van der Waals surface area contributed by atoms with Crippen LogP contribution >= 0.6 is 23.8 Å². The van der Waals surface area contributed by atoms with Crippen LogP contribution in [0.15, 0.2) is 72.8 Å². The number of rotatable bonds is 9. The van der Waals surface area contributed by atoms with Gasteiger partial charge in [-0.3, -0.25) is 19.4 Å². The van der Waals surface area contributed by atoms with Crippen LogP contribution < -0.4 is 15.1 Å². The zero-order chi connectivity index (χ0) is 28.9. The first-order chi connectivity index (χ1) is 19.8. The van der Waals surface area contributed by atoms with Gasteiger partial charge < -0.3 is 15.1 Å². The highest BCUT2D eigenvalue weighted by molar-refractivity contribution is 7.80. The van der Waals surface area contributed by atoms with Crippen molar-refractivity contribution < 1.29 is 14.0 Å². The molecule has 0 saturated carbocycles. The van der Waals surface area contributed by atoms with Crippen LogP contribution in [0.1, 0.15) is 18.4 Å². The molecule has 10 heteroatoms. The highest BCUT2D eigenvalue weighted by Gasteiger charge is 2.43. The third kappa shape index (κ3) is 7.04. The molecule has 214 valence electrons. The molecule has 2 aliphatic rings. The Morgan fingerprint density at radius 2 is 1.56 bits per heavy atom. The summed E-state index contributed by atoms with van der Waals surface area (Å²) < 4.78 is 13.3. The first-order valence-corrected chi connectivity index (χ1v) is 14.6. The molecule has 5 rings (SSSR count). The second-order valence-electron chi connectivity index (χ2n) is 10.4. The molecule has 3 aromatic carbocycles. The minimum Gasteiger partial charge on any atom is -0.369 e. The van der Waals surface area contributed by atoms with E-state index in [1.807, 2.05) is 48.2 Å². The lowest BCUT2D eigenvalue weighted by molar-refractivity contribution is -0.124. The number of aryl methyl sites for hydroxylation is 1. The minimum absolute atomic E-state index is 0.0136. The van der Waals surface area contributed by atoms with Crippen molar-refractivity contribution in [3.8, 4) is 0 Å². The van der Waals surface area contributed by atoms with Crippen molar-refractivity contribution in [1.29, 1.82) is 0 Å². The third-order valence-corrected chi connectivity index (χ3v) is 8.22. The molecular formula is C31H33ClFN5O2S. The van der Waals surface area contributed by atoms with Crippen LogP contribution in [-0.4, -0.2) is 72.0 Å². The predicted octanol–water partition coefficient (Wildman–Crippen LogP) is 5.33. The van der Waals surface area contributed by atoms with Gasteiger partial charge in [-0.15, -0.1) is 0 Å². The molecule has 2 saturated heterocycles. The number of carbonyl (C=O) groups excluding carboxylic acids is 2. The van der Waals surface area contributed by atoms with E-state index < -0.39 is 6.04 Å². The van der Waals surface area contributed by atoms with Gasteiger partial charge in [0.1, 0.15) is 11.9 Å². The summed E-state index contributed by atoms with van der Waals surface area (Å²) in [6.45, 7) is 6.90. The first kappa shape index (κ1) is 29.0. The summed E-state index contributed by atoms with van der Waals surface area (Å²) in [6, 6.07) is 20.5. The molecule has 1 unspecified atom stereocenters. The molecule has 0 spiro atoms. The summed E-state index contributed by atoms with van der Waals surface area (Å²) in [5.74, 6) is -0.688. The molecule has 0 aliphatic carbocycles. The Morgan fingerprint density at radius 1 is 0.927 bits per heavy atom. The van der Waals surface area contributed by atoms with E-state index >= 15 is 0 Å². The SMILES string of the molecule is Cc1ccc(N2C(=O)C(CC(=O)Nc3ccc(Cl)cc3)N(CCCN3CCN(c4ccc(F)cc4)CC3)C2=S)cc1. The van der Waals surface area contributed by atoms with Gasteiger partial charge in [-0.25, -0.2) is 4.39 Å². The number of nitrogens with one attached hydrogen (secondary N) is 1. The van der Waals surface area contributed by atoms with Crippen LogP contribution in [0.25, 0.3) is 0 Å². The van der Waals surface area contributed by atoms with Crippen molar-refractivity contribution in [3.05, 3.63) is 89.2 Å². The summed E-state index contributed by atoms with van der Waals surface area (Å²) in [4.78, 5) is 34.8. The lowest BCUT2D eigenvalue weighted by atomic mass is 10.1. The van der Waals surface area contributed by atoms with E-state index in [-0.39, 0.29) is 24.1 Å². The summed E-state index contributed by atoms with van der Waals surface area (Å²) >= 11 is 11.8. The molecule has 41 heavy (non-hydrogen) atoms. The molecular weight excluding hydrogens is 561 g/mol. The van der Waals surface area contributed by atoms with Crippen LogP contribution in [0.5, 0.6) is 0 Å². The Morgan fingerprint density at radius 3 is 2.22 bits per heavy atom. The number of nitrogens with zero attached hydrogens (tertiary/aromatic N) is 4. The molecule has 0 bridgehead atoms. The Hall–Kier alpha value is -3.53. The lowest BCUT2D eigenvalue weighted by Crippen LogP contribution is -2.47. The van der Waals surface area contributed by atoms with Crippen molar-refractivity contribution in [2.24, 2.45) is 0 Å². The molecule has 2 fully saturated rings. The standard InChI is InChI=1S/C31H33ClFN5O2S/c1-22-3-11-27(12-4-22)38-30(40)28(21-29(39)34-25-9-5-23(32)6-10-25)37(31(38)41)16-2-15-35-17-19-36(20-18-35)26-13-7-24(33)8-14-26/h3-14,28H,2,15-21H2,1H3,(H,34,39).